The molecule has 1 aromatic rings. The van der Waals surface area contributed by atoms with Gasteiger partial charge in [-0.2, -0.15) is 5.10 Å². The summed E-state index contributed by atoms with van der Waals surface area (Å²) >= 11 is 0. The standard InChI is InChI=1S/C19H26BN5O/c20-19-5-1-2-14(19)8-23(11-19)17(26)24-9-18(10-24)6-15(7-18)25-12-21-16(22-25)13-3-4-13/h12-15H,1-11H2/t14-,19-/m1/s1. The Morgan fingerprint density at radius 3 is 2.69 bits per heavy atom. The molecule has 0 N–H and O–H groups in total. The lowest BCUT2D eigenvalue weighted by Crippen LogP contribution is -2.65. The molecule has 0 bridgehead atoms. The lowest BCUT2D eigenvalue weighted by molar-refractivity contribution is -0.0734. The monoisotopic (exact) mass is 351 g/mol. The van der Waals surface area contributed by atoms with E-state index in [1.54, 1.807) is 0 Å². The van der Waals surface area contributed by atoms with Crippen LogP contribution in [-0.4, -0.2) is 64.6 Å². The van der Waals surface area contributed by atoms with Gasteiger partial charge in [-0.25, -0.2) is 14.5 Å². The summed E-state index contributed by atoms with van der Waals surface area (Å²) in [4.78, 5) is 21.4. The minimum atomic E-state index is -0.105. The predicted octanol–water partition coefficient (Wildman–Crippen LogP) is 2.36. The highest BCUT2D eigenvalue weighted by Gasteiger charge is 2.56. The maximum atomic E-state index is 12.8. The molecule has 136 valence electrons. The molecule has 2 atom stereocenters. The summed E-state index contributed by atoms with van der Waals surface area (Å²) in [5, 5.41) is 4.57. The van der Waals surface area contributed by atoms with E-state index in [9.17, 15) is 4.79 Å². The van der Waals surface area contributed by atoms with E-state index in [0.29, 0.717) is 23.3 Å². The molecule has 2 amide bonds. The first-order chi connectivity index (χ1) is 12.5. The van der Waals surface area contributed by atoms with Gasteiger partial charge in [0.25, 0.3) is 0 Å². The molecule has 6 nitrogen and oxygen atoms in total. The molecule has 3 saturated carbocycles. The van der Waals surface area contributed by atoms with Gasteiger partial charge < -0.3 is 9.80 Å². The average Bonchev–Trinajstić information content (AvgIpc) is 3.01. The molecule has 3 aliphatic carbocycles. The summed E-state index contributed by atoms with van der Waals surface area (Å²) in [6.45, 7) is 3.44. The van der Waals surface area contributed by atoms with Gasteiger partial charge in [0, 0.05) is 37.5 Å². The third kappa shape index (κ3) is 2.21. The van der Waals surface area contributed by atoms with Gasteiger partial charge >= 0.3 is 6.03 Å². The normalized spacial score (nSPS) is 35.5. The van der Waals surface area contributed by atoms with E-state index < -0.39 is 0 Å². The van der Waals surface area contributed by atoms with Crippen LogP contribution in [0.2, 0.25) is 5.31 Å². The Bertz CT molecular complexity index is 747. The molecule has 5 aliphatic rings. The van der Waals surface area contributed by atoms with Gasteiger partial charge in [0.1, 0.15) is 6.33 Å². The zero-order chi connectivity index (χ0) is 17.5. The first-order valence-electron chi connectivity index (χ1n) is 10.3. The second-order valence-electron chi connectivity index (χ2n) is 9.76. The minimum Gasteiger partial charge on any atom is -0.325 e. The van der Waals surface area contributed by atoms with Crippen molar-refractivity contribution in [3.8, 4) is 0 Å². The molecule has 0 unspecified atom stereocenters. The molecule has 5 fully saturated rings. The number of fused-ring (bicyclic) bond motifs is 1. The number of hydrogen-bond donors (Lipinski definition) is 0. The maximum Gasteiger partial charge on any atom is 0.320 e. The number of nitrogens with zero attached hydrogens (tertiary/aromatic N) is 5. The third-order valence-electron chi connectivity index (χ3n) is 7.71. The maximum absolute atomic E-state index is 12.8. The molecular weight excluding hydrogens is 325 g/mol. The molecule has 0 aromatic carbocycles. The Labute approximate surface area is 155 Å². The zero-order valence-corrected chi connectivity index (χ0v) is 15.3. The van der Waals surface area contributed by atoms with Crippen molar-refractivity contribution in [2.75, 3.05) is 26.2 Å². The third-order valence-corrected chi connectivity index (χ3v) is 7.71. The Kier molecular flexibility index (Phi) is 3.01. The Morgan fingerprint density at radius 1 is 1.15 bits per heavy atom. The van der Waals surface area contributed by atoms with Crippen LogP contribution in [0.25, 0.3) is 0 Å². The van der Waals surface area contributed by atoms with Crippen LogP contribution in [0.1, 0.15) is 62.7 Å². The highest BCUT2D eigenvalue weighted by molar-refractivity contribution is 6.16. The molecule has 3 heterocycles. The summed E-state index contributed by atoms with van der Waals surface area (Å²) in [5.74, 6) is 2.17. The number of amides is 2. The Morgan fingerprint density at radius 2 is 1.96 bits per heavy atom. The molecule has 1 aromatic heterocycles. The first kappa shape index (κ1) is 15.5. The number of carbonyl (C=O) groups excluding carboxylic acids is 1. The van der Waals surface area contributed by atoms with Gasteiger partial charge in [0.2, 0.25) is 0 Å². The highest BCUT2D eigenvalue weighted by atomic mass is 16.2. The number of hydrogen-bond acceptors (Lipinski definition) is 3. The van der Waals surface area contributed by atoms with E-state index >= 15 is 0 Å². The van der Waals surface area contributed by atoms with Crippen molar-refractivity contribution in [2.24, 2.45) is 11.3 Å². The molecule has 1 spiro atoms. The number of carbonyl (C=O) groups is 1. The summed E-state index contributed by atoms with van der Waals surface area (Å²) in [6.07, 6.45) is 10.2. The van der Waals surface area contributed by atoms with Crippen molar-refractivity contribution in [2.45, 2.75) is 62.2 Å². The van der Waals surface area contributed by atoms with Crippen molar-refractivity contribution in [3.05, 3.63) is 12.2 Å². The molecule has 6 rings (SSSR count). The highest BCUT2D eigenvalue weighted by Crippen LogP contribution is 2.56. The molecule has 2 radical (unpaired) electrons. The summed E-state index contributed by atoms with van der Waals surface area (Å²) in [6, 6.07) is 0.695. The van der Waals surface area contributed by atoms with Crippen molar-refractivity contribution in [1.82, 2.24) is 24.6 Å². The van der Waals surface area contributed by atoms with E-state index in [2.05, 4.69) is 14.8 Å². The van der Waals surface area contributed by atoms with Crippen molar-refractivity contribution >= 4 is 13.9 Å². The number of urea groups is 1. The van der Waals surface area contributed by atoms with Crippen molar-refractivity contribution < 1.29 is 4.79 Å². The quantitative estimate of drug-likeness (QED) is 0.769. The fraction of sp³-hybridized carbons (Fsp3) is 0.842. The van der Waals surface area contributed by atoms with Crippen LogP contribution in [-0.2, 0) is 0 Å². The molecule has 7 heteroatoms. The second kappa shape index (κ2) is 5.05. The van der Waals surface area contributed by atoms with Crippen LogP contribution in [0.3, 0.4) is 0 Å². The van der Waals surface area contributed by atoms with Gasteiger partial charge in [-0.15, -0.1) is 0 Å². The first-order valence-corrected chi connectivity index (χ1v) is 10.3. The summed E-state index contributed by atoms with van der Waals surface area (Å²) in [5.41, 5.74) is 0.335. The van der Waals surface area contributed by atoms with Gasteiger partial charge in [0.05, 0.1) is 13.9 Å². The molecule has 2 saturated heterocycles. The van der Waals surface area contributed by atoms with E-state index in [0.717, 1.165) is 51.3 Å². The Hall–Kier alpha value is -1.53. The average molecular weight is 351 g/mol. The van der Waals surface area contributed by atoms with Gasteiger partial charge in [0.15, 0.2) is 5.82 Å². The lowest BCUT2D eigenvalue weighted by atomic mass is 9.61. The summed E-state index contributed by atoms with van der Waals surface area (Å²) < 4.78 is 2.07. The molecule has 26 heavy (non-hydrogen) atoms. The number of likely N-dealkylation sites (tertiary alicyclic amines) is 2. The van der Waals surface area contributed by atoms with Crippen LogP contribution >= 0.6 is 0 Å². The fourth-order valence-corrected chi connectivity index (χ4v) is 5.96. The van der Waals surface area contributed by atoms with E-state index in [1.807, 2.05) is 16.1 Å². The summed E-state index contributed by atoms with van der Waals surface area (Å²) in [7, 11) is 6.52. The molecular formula is C19H26BN5O. The lowest BCUT2D eigenvalue weighted by Gasteiger charge is -2.59. The van der Waals surface area contributed by atoms with E-state index in [1.165, 1.54) is 25.7 Å². The van der Waals surface area contributed by atoms with Crippen molar-refractivity contribution in [3.63, 3.8) is 0 Å². The molecule has 2 aliphatic heterocycles. The van der Waals surface area contributed by atoms with Crippen LogP contribution in [0.5, 0.6) is 0 Å². The number of aromatic nitrogens is 3. The SMILES string of the molecule is [B][C@@]12CCC[C@@H]1CN(C(=O)N1CC3(CC(n4cnc(C5CC5)n4)C3)C1)C2. The smallest absolute Gasteiger partial charge is 0.320 e. The number of rotatable bonds is 2. The minimum absolute atomic E-state index is 0.105. The van der Waals surface area contributed by atoms with Crippen LogP contribution in [0.15, 0.2) is 6.33 Å². The van der Waals surface area contributed by atoms with Crippen molar-refractivity contribution in [1.29, 1.82) is 0 Å². The topological polar surface area (TPSA) is 54.3 Å². The van der Waals surface area contributed by atoms with E-state index in [-0.39, 0.29) is 11.3 Å². The zero-order valence-electron chi connectivity index (χ0n) is 15.3. The Balaban J connectivity index is 1.03. The van der Waals surface area contributed by atoms with E-state index in [4.69, 9.17) is 7.85 Å². The predicted molar refractivity (Wildman–Crippen MR) is 97.0 cm³/mol. The van der Waals surface area contributed by atoms with Gasteiger partial charge in [-0.3, -0.25) is 0 Å². The van der Waals surface area contributed by atoms with Gasteiger partial charge in [-0.05, 0) is 43.3 Å². The second-order valence-corrected chi connectivity index (χ2v) is 9.76. The van der Waals surface area contributed by atoms with Crippen LogP contribution < -0.4 is 0 Å². The fourth-order valence-electron chi connectivity index (χ4n) is 5.96. The van der Waals surface area contributed by atoms with Gasteiger partial charge in [-0.1, -0.05) is 12.8 Å². The van der Waals surface area contributed by atoms with Crippen LogP contribution in [0.4, 0.5) is 4.79 Å². The largest absolute Gasteiger partial charge is 0.325 e. The van der Waals surface area contributed by atoms with Crippen LogP contribution in [0, 0.1) is 11.3 Å².